The molecule has 1 aromatic heterocycles. The minimum atomic E-state index is -0.757. The molecule has 118 valence electrons. The molecule has 1 heterocycles. The zero-order valence-corrected chi connectivity index (χ0v) is 13.1. The van der Waals surface area contributed by atoms with E-state index < -0.39 is 5.54 Å². The molecule has 0 radical (unpaired) electrons. The van der Waals surface area contributed by atoms with Crippen LogP contribution >= 0.6 is 0 Å². The molecule has 0 bridgehead atoms. The third-order valence-corrected chi connectivity index (χ3v) is 3.19. The average Bonchev–Trinajstić information content (AvgIpc) is 2.53. The second-order valence-corrected chi connectivity index (χ2v) is 5.61. The van der Waals surface area contributed by atoms with Gasteiger partial charge in [0.1, 0.15) is 11.6 Å². The summed E-state index contributed by atoms with van der Waals surface area (Å²) >= 11 is 0. The summed E-state index contributed by atoms with van der Waals surface area (Å²) in [6, 6.07) is 9.56. The molecule has 23 heavy (non-hydrogen) atoms. The Morgan fingerprint density at radius 1 is 1.35 bits per heavy atom. The van der Waals surface area contributed by atoms with E-state index in [0.717, 1.165) is 5.56 Å². The molecule has 2 N–H and O–H groups in total. The number of nitrogens with zero attached hydrogens (tertiary/aromatic N) is 1. The molecule has 2 aromatic rings. The quantitative estimate of drug-likeness (QED) is 0.835. The lowest BCUT2D eigenvalue weighted by Gasteiger charge is -2.20. The predicted octanol–water partition coefficient (Wildman–Crippen LogP) is 2.97. The van der Waals surface area contributed by atoms with Crippen molar-refractivity contribution in [3.8, 4) is 12.3 Å². The highest BCUT2D eigenvalue weighted by atomic mass is 19.1. The number of rotatable bonds is 5. The minimum Gasteiger partial charge on any atom is -0.365 e. The first-order valence-corrected chi connectivity index (χ1v) is 7.15. The van der Waals surface area contributed by atoms with Gasteiger partial charge in [-0.1, -0.05) is 18.1 Å². The highest BCUT2D eigenvalue weighted by molar-refractivity contribution is 5.99. The van der Waals surface area contributed by atoms with Crippen molar-refractivity contribution in [1.82, 2.24) is 10.3 Å². The van der Waals surface area contributed by atoms with E-state index in [0.29, 0.717) is 17.9 Å². The highest BCUT2D eigenvalue weighted by Gasteiger charge is 2.20. The molecule has 2 rings (SSSR count). The summed E-state index contributed by atoms with van der Waals surface area (Å²) in [7, 11) is 0. The third-order valence-electron chi connectivity index (χ3n) is 3.19. The standard InChI is InChI=1S/C18H18FN3O/c1-4-18(2,3)22-17(23)15-9-6-10-20-16(15)21-12-13-7-5-8-14(19)11-13/h1,5-11H,12H2,2-3H3,(H,20,21)(H,22,23). The maximum absolute atomic E-state index is 13.2. The van der Waals surface area contributed by atoms with Crippen LogP contribution in [0, 0.1) is 18.2 Å². The van der Waals surface area contributed by atoms with E-state index in [4.69, 9.17) is 6.42 Å². The lowest BCUT2D eigenvalue weighted by Crippen LogP contribution is -2.42. The maximum atomic E-state index is 13.2. The molecular formula is C18H18FN3O. The monoisotopic (exact) mass is 311 g/mol. The van der Waals surface area contributed by atoms with Gasteiger partial charge in [0, 0.05) is 12.7 Å². The zero-order chi connectivity index (χ0) is 16.9. The Morgan fingerprint density at radius 2 is 2.13 bits per heavy atom. The Labute approximate surface area is 135 Å². The summed E-state index contributed by atoms with van der Waals surface area (Å²) in [6.07, 6.45) is 6.97. The average molecular weight is 311 g/mol. The number of halogens is 1. The Bertz CT molecular complexity index is 750. The fourth-order valence-electron chi connectivity index (χ4n) is 1.95. The van der Waals surface area contributed by atoms with Crippen LogP contribution in [-0.4, -0.2) is 16.4 Å². The molecule has 0 unspecified atom stereocenters. The lowest BCUT2D eigenvalue weighted by atomic mass is 10.1. The van der Waals surface area contributed by atoms with E-state index >= 15 is 0 Å². The first kappa shape index (κ1) is 16.5. The van der Waals surface area contributed by atoms with E-state index in [1.807, 2.05) is 0 Å². The Hall–Kier alpha value is -2.87. The molecule has 0 spiro atoms. The van der Waals surface area contributed by atoms with Crippen LogP contribution in [0.15, 0.2) is 42.6 Å². The number of terminal acetylenes is 1. The number of carbonyl (C=O) groups is 1. The molecule has 0 saturated carbocycles. The van der Waals surface area contributed by atoms with Crippen molar-refractivity contribution in [1.29, 1.82) is 0 Å². The summed E-state index contributed by atoms with van der Waals surface area (Å²) in [6.45, 7) is 3.83. The van der Waals surface area contributed by atoms with Gasteiger partial charge in [-0.15, -0.1) is 6.42 Å². The van der Waals surface area contributed by atoms with Gasteiger partial charge in [-0.05, 0) is 43.7 Å². The van der Waals surface area contributed by atoms with Crippen molar-refractivity contribution in [3.63, 3.8) is 0 Å². The van der Waals surface area contributed by atoms with Gasteiger partial charge in [-0.2, -0.15) is 0 Å². The maximum Gasteiger partial charge on any atom is 0.256 e. The van der Waals surface area contributed by atoms with Gasteiger partial charge >= 0.3 is 0 Å². The van der Waals surface area contributed by atoms with Crippen molar-refractivity contribution in [2.45, 2.75) is 25.9 Å². The summed E-state index contributed by atoms with van der Waals surface area (Å²) in [5, 5.41) is 5.81. The molecule has 0 saturated heterocycles. The number of benzene rings is 1. The van der Waals surface area contributed by atoms with Crippen molar-refractivity contribution >= 4 is 11.7 Å². The molecular weight excluding hydrogens is 293 g/mol. The van der Waals surface area contributed by atoms with Crippen LogP contribution in [0.2, 0.25) is 0 Å². The fourth-order valence-corrected chi connectivity index (χ4v) is 1.95. The molecule has 1 aromatic carbocycles. The summed E-state index contributed by atoms with van der Waals surface area (Å²) in [5.74, 6) is 2.31. The van der Waals surface area contributed by atoms with Crippen LogP contribution in [0.25, 0.3) is 0 Å². The van der Waals surface area contributed by atoms with Gasteiger partial charge in [0.05, 0.1) is 11.1 Å². The summed E-state index contributed by atoms with van der Waals surface area (Å²) in [5.41, 5.74) is 0.380. The minimum absolute atomic E-state index is 0.306. The highest BCUT2D eigenvalue weighted by Crippen LogP contribution is 2.15. The first-order chi connectivity index (χ1) is 10.9. The zero-order valence-electron chi connectivity index (χ0n) is 13.1. The summed E-state index contributed by atoms with van der Waals surface area (Å²) in [4.78, 5) is 16.5. The van der Waals surface area contributed by atoms with E-state index in [1.54, 1.807) is 44.3 Å². The van der Waals surface area contributed by atoms with Crippen molar-refractivity contribution in [3.05, 3.63) is 59.5 Å². The van der Waals surface area contributed by atoms with Crippen molar-refractivity contribution < 1.29 is 9.18 Å². The van der Waals surface area contributed by atoms with E-state index in [9.17, 15) is 9.18 Å². The first-order valence-electron chi connectivity index (χ1n) is 7.15. The van der Waals surface area contributed by atoms with Crippen LogP contribution < -0.4 is 10.6 Å². The van der Waals surface area contributed by atoms with E-state index in [2.05, 4.69) is 21.5 Å². The van der Waals surface area contributed by atoms with E-state index in [1.165, 1.54) is 12.1 Å². The van der Waals surface area contributed by atoms with E-state index in [-0.39, 0.29) is 11.7 Å². The van der Waals surface area contributed by atoms with Crippen molar-refractivity contribution in [2.24, 2.45) is 0 Å². The topological polar surface area (TPSA) is 54.0 Å². The number of anilines is 1. The number of hydrogen-bond donors (Lipinski definition) is 2. The van der Waals surface area contributed by atoms with Gasteiger partial charge in [-0.25, -0.2) is 9.37 Å². The SMILES string of the molecule is C#CC(C)(C)NC(=O)c1cccnc1NCc1cccc(F)c1. The number of aromatic nitrogens is 1. The Balaban J connectivity index is 2.14. The fraction of sp³-hybridized carbons (Fsp3) is 0.222. The number of carbonyl (C=O) groups excluding carboxylic acids is 1. The second-order valence-electron chi connectivity index (χ2n) is 5.61. The second kappa shape index (κ2) is 6.93. The molecule has 0 aliphatic rings. The lowest BCUT2D eigenvalue weighted by molar-refractivity contribution is 0.0930. The molecule has 0 atom stereocenters. The number of pyridine rings is 1. The smallest absolute Gasteiger partial charge is 0.256 e. The molecule has 0 aliphatic heterocycles. The van der Waals surface area contributed by atoms with Crippen LogP contribution in [0.3, 0.4) is 0 Å². The van der Waals surface area contributed by atoms with Crippen LogP contribution in [0.5, 0.6) is 0 Å². The van der Waals surface area contributed by atoms with Crippen LogP contribution in [-0.2, 0) is 6.54 Å². The Kier molecular flexibility index (Phi) is 4.97. The largest absolute Gasteiger partial charge is 0.365 e. The molecule has 5 heteroatoms. The molecule has 4 nitrogen and oxygen atoms in total. The normalized spacial score (nSPS) is 10.7. The summed E-state index contributed by atoms with van der Waals surface area (Å²) < 4.78 is 13.2. The van der Waals surface area contributed by atoms with Gasteiger partial charge < -0.3 is 10.6 Å². The van der Waals surface area contributed by atoms with Gasteiger partial charge in [0.2, 0.25) is 0 Å². The van der Waals surface area contributed by atoms with Crippen LogP contribution in [0.1, 0.15) is 29.8 Å². The predicted molar refractivity (Wildman–Crippen MR) is 88.3 cm³/mol. The molecule has 0 fully saturated rings. The van der Waals surface area contributed by atoms with Crippen molar-refractivity contribution in [2.75, 3.05) is 5.32 Å². The number of hydrogen-bond acceptors (Lipinski definition) is 3. The van der Waals surface area contributed by atoms with Gasteiger partial charge in [-0.3, -0.25) is 4.79 Å². The van der Waals surface area contributed by atoms with Crippen LogP contribution in [0.4, 0.5) is 10.2 Å². The van der Waals surface area contributed by atoms with Gasteiger partial charge in [0.25, 0.3) is 5.91 Å². The Morgan fingerprint density at radius 3 is 2.83 bits per heavy atom. The molecule has 1 amide bonds. The van der Waals surface area contributed by atoms with Gasteiger partial charge in [0.15, 0.2) is 0 Å². The third kappa shape index (κ3) is 4.55. The number of nitrogens with one attached hydrogen (secondary N) is 2. The molecule has 0 aliphatic carbocycles. The number of amides is 1.